The molecule has 4 nitrogen and oxygen atoms in total. The molecule has 0 radical (unpaired) electrons. The number of hydrogen-bond donors (Lipinski definition) is 2. The summed E-state index contributed by atoms with van der Waals surface area (Å²) >= 11 is 1.40. The summed E-state index contributed by atoms with van der Waals surface area (Å²) in [6, 6.07) is 16.6. The van der Waals surface area contributed by atoms with Gasteiger partial charge in [0, 0.05) is 17.0 Å². The zero-order valence-corrected chi connectivity index (χ0v) is 16.0. The second-order valence-electron chi connectivity index (χ2n) is 6.21. The number of amides is 2. The molecular formula is C21H22FN3OS. The van der Waals surface area contributed by atoms with Gasteiger partial charge >= 0.3 is 6.03 Å². The minimum atomic E-state index is -0.290. The molecule has 1 aromatic heterocycles. The monoisotopic (exact) mass is 383 g/mol. The van der Waals surface area contributed by atoms with Gasteiger partial charge in [0.25, 0.3) is 0 Å². The standard InChI is InChI=1S/C21H22FN3OS/c1-15-19(27-20(25-15)17-11-5-6-12-18(17)22)14-24-21(26)23-13-7-10-16-8-3-2-4-9-16/h2-6,8-9,11-12H,7,10,13-14H2,1H3,(H2,23,24,26). The summed E-state index contributed by atoms with van der Waals surface area (Å²) in [4.78, 5) is 17.3. The lowest BCUT2D eigenvalue weighted by Gasteiger charge is -2.07. The van der Waals surface area contributed by atoms with E-state index in [9.17, 15) is 9.18 Å². The van der Waals surface area contributed by atoms with Gasteiger partial charge in [-0.05, 0) is 37.5 Å². The van der Waals surface area contributed by atoms with Gasteiger partial charge in [0.1, 0.15) is 10.8 Å². The van der Waals surface area contributed by atoms with Crippen LogP contribution in [-0.2, 0) is 13.0 Å². The van der Waals surface area contributed by atoms with E-state index in [-0.39, 0.29) is 11.8 Å². The van der Waals surface area contributed by atoms with Gasteiger partial charge in [0.05, 0.1) is 12.2 Å². The number of benzene rings is 2. The van der Waals surface area contributed by atoms with Crippen LogP contribution in [0.4, 0.5) is 9.18 Å². The third-order valence-electron chi connectivity index (χ3n) is 4.18. The molecule has 3 rings (SSSR count). The Morgan fingerprint density at radius 1 is 1.07 bits per heavy atom. The zero-order chi connectivity index (χ0) is 19.1. The lowest BCUT2D eigenvalue weighted by atomic mass is 10.1. The van der Waals surface area contributed by atoms with Gasteiger partial charge in [0.15, 0.2) is 0 Å². The maximum atomic E-state index is 13.9. The molecule has 0 aliphatic rings. The summed E-state index contributed by atoms with van der Waals surface area (Å²) in [6.45, 7) is 2.86. The summed E-state index contributed by atoms with van der Waals surface area (Å²) in [5, 5.41) is 6.34. The first-order chi connectivity index (χ1) is 13.1. The van der Waals surface area contributed by atoms with Crippen molar-refractivity contribution in [1.29, 1.82) is 0 Å². The Labute approximate surface area is 162 Å². The van der Waals surface area contributed by atoms with Gasteiger partial charge in [-0.15, -0.1) is 11.3 Å². The van der Waals surface area contributed by atoms with Gasteiger partial charge in [0.2, 0.25) is 0 Å². The van der Waals surface area contributed by atoms with E-state index in [0.717, 1.165) is 23.4 Å². The molecule has 0 unspecified atom stereocenters. The maximum Gasteiger partial charge on any atom is 0.315 e. The average Bonchev–Trinajstić information content (AvgIpc) is 3.05. The minimum Gasteiger partial charge on any atom is -0.338 e. The van der Waals surface area contributed by atoms with Crippen molar-refractivity contribution in [1.82, 2.24) is 15.6 Å². The van der Waals surface area contributed by atoms with Crippen molar-refractivity contribution in [3.8, 4) is 10.6 Å². The van der Waals surface area contributed by atoms with Crippen LogP contribution in [-0.4, -0.2) is 17.6 Å². The normalized spacial score (nSPS) is 10.6. The van der Waals surface area contributed by atoms with Crippen molar-refractivity contribution in [3.63, 3.8) is 0 Å². The second-order valence-corrected chi connectivity index (χ2v) is 7.29. The Hall–Kier alpha value is -2.73. The Morgan fingerprint density at radius 3 is 2.59 bits per heavy atom. The van der Waals surface area contributed by atoms with Crippen LogP contribution in [0.15, 0.2) is 54.6 Å². The predicted molar refractivity (Wildman–Crippen MR) is 107 cm³/mol. The van der Waals surface area contributed by atoms with Crippen LogP contribution < -0.4 is 10.6 Å². The molecule has 2 N–H and O–H groups in total. The number of halogens is 1. The van der Waals surface area contributed by atoms with Gasteiger partial charge in [-0.25, -0.2) is 14.2 Å². The van der Waals surface area contributed by atoms with E-state index >= 15 is 0 Å². The van der Waals surface area contributed by atoms with Crippen LogP contribution in [0, 0.1) is 12.7 Å². The lowest BCUT2D eigenvalue weighted by molar-refractivity contribution is 0.240. The fourth-order valence-corrected chi connectivity index (χ4v) is 3.73. The van der Waals surface area contributed by atoms with E-state index in [1.165, 1.54) is 23.0 Å². The predicted octanol–water partition coefficient (Wildman–Crippen LogP) is 4.69. The third-order valence-corrected chi connectivity index (χ3v) is 5.37. The van der Waals surface area contributed by atoms with Crippen LogP contribution in [0.2, 0.25) is 0 Å². The van der Waals surface area contributed by atoms with Crippen molar-refractivity contribution in [3.05, 3.63) is 76.5 Å². The zero-order valence-electron chi connectivity index (χ0n) is 15.2. The van der Waals surface area contributed by atoms with Crippen molar-refractivity contribution in [2.75, 3.05) is 6.54 Å². The summed E-state index contributed by atoms with van der Waals surface area (Å²) in [5.41, 5.74) is 2.56. The van der Waals surface area contributed by atoms with Crippen molar-refractivity contribution in [2.24, 2.45) is 0 Å². The van der Waals surface area contributed by atoms with E-state index < -0.39 is 0 Å². The molecule has 0 aliphatic carbocycles. The molecule has 0 saturated carbocycles. The van der Waals surface area contributed by atoms with E-state index in [0.29, 0.717) is 23.7 Å². The fraction of sp³-hybridized carbons (Fsp3) is 0.238. The number of nitrogens with one attached hydrogen (secondary N) is 2. The molecule has 3 aromatic rings. The summed E-state index contributed by atoms with van der Waals surface area (Å²) in [7, 11) is 0. The highest BCUT2D eigenvalue weighted by atomic mass is 32.1. The molecule has 0 bridgehead atoms. The number of aromatic nitrogens is 1. The minimum absolute atomic E-state index is 0.205. The van der Waals surface area contributed by atoms with Gasteiger partial charge in [-0.1, -0.05) is 42.5 Å². The molecule has 2 aromatic carbocycles. The van der Waals surface area contributed by atoms with Crippen molar-refractivity contribution >= 4 is 17.4 Å². The Kier molecular flexibility index (Phi) is 6.54. The first-order valence-corrected chi connectivity index (χ1v) is 9.72. The van der Waals surface area contributed by atoms with E-state index in [2.05, 4.69) is 27.8 Å². The number of rotatable bonds is 7. The molecule has 0 fully saturated rings. The average molecular weight is 383 g/mol. The van der Waals surface area contributed by atoms with Crippen LogP contribution in [0.25, 0.3) is 10.6 Å². The number of aryl methyl sites for hydroxylation is 2. The third kappa shape index (κ3) is 5.37. The molecular weight excluding hydrogens is 361 g/mol. The lowest BCUT2D eigenvalue weighted by Crippen LogP contribution is -2.35. The molecule has 2 amide bonds. The number of carbonyl (C=O) groups is 1. The van der Waals surface area contributed by atoms with Gasteiger partial charge < -0.3 is 10.6 Å². The number of hydrogen-bond acceptors (Lipinski definition) is 3. The number of carbonyl (C=O) groups excluding carboxylic acids is 1. The second kappa shape index (κ2) is 9.28. The van der Waals surface area contributed by atoms with Crippen LogP contribution in [0.1, 0.15) is 22.6 Å². The molecule has 0 spiro atoms. The largest absolute Gasteiger partial charge is 0.338 e. The fourth-order valence-electron chi connectivity index (χ4n) is 2.70. The molecule has 27 heavy (non-hydrogen) atoms. The maximum absolute atomic E-state index is 13.9. The summed E-state index contributed by atoms with van der Waals surface area (Å²) in [5.74, 6) is -0.290. The van der Waals surface area contributed by atoms with E-state index in [1.54, 1.807) is 18.2 Å². The molecule has 140 valence electrons. The Bertz CT molecular complexity index is 895. The van der Waals surface area contributed by atoms with Crippen LogP contribution >= 0.6 is 11.3 Å². The van der Waals surface area contributed by atoms with Gasteiger partial charge in [-0.2, -0.15) is 0 Å². The van der Waals surface area contributed by atoms with Gasteiger partial charge in [-0.3, -0.25) is 0 Å². The highest BCUT2D eigenvalue weighted by Gasteiger charge is 2.13. The molecule has 0 aliphatic heterocycles. The highest BCUT2D eigenvalue weighted by molar-refractivity contribution is 7.15. The Morgan fingerprint density at radius 2 is 1.81 bits per heavy atom. The SMILES string of the molecule is Cc1nc(-c2ccccc2F)sc1CNC(=O)NCCCc1ccccc1. The highest BCUT2D eigenvalue weighted by Crippen LogP contribution is 2.29. The number of nitrogens with zero attached hydrogens (tertiary/aromatic N) is 1. The van der Waals surface area contributed by atoms with Crippen LogP contribution in [0.5, 0.6) is 0 Å². The van der Waals surface area contributed by atoms with Crippen molar-refractivity contribution < 1.29 is 9.18 Å². The molecule has 0 saturated heterocycles. The van der Waals surface area contributed by atoms with E-state index in [1.807, 2.05) is 25.1 Å². The quantitative estimate of drug-likeness (QED) is 0.582. The topological polar surface area (TPSA) is 54.0 Å². The van der Waals surface area contributed by atoms with Crippen LogP contribution in [0.3, 0.4) is 0 Å². The first-order valence-electron chi connectivity index (χ1n) is 8.90. The molecule has 0 atom stereocenters. The smallest absolute Gasteiger partial charge is 0.315 e. The van der Waals surface area contributed by atoms with E-state index in [4.69, 9.17) is 0 Å². The Balaban J connectivity index is 1.46. The summed E-state index contributed by atoms with van der Waals surface area (Å²) < 4.78 is 13.9. The molecule has 6 heteroatoms. The number of thiazole rings is 1. The van der Waals surface area contributed by atoms with Crippen molar-refractivity contribution in [2.45, 2.75) is 26.3 Å². The molecule has 1 heterocycles. The summed E-state index contributed by atoms with van der Waals surface area (Å²) in [6.07, 6.45) is 1.82. The first kappa shape index (κ1) is 19.0. The number of urea groups is 1.